The van der Waals surface area contributed by atoms with Gasteiger partial charge in [-0.2, -0.15) is 0 Å². The first-order valence-electron chi connectivity index (χ1n) is 8.73. The third-order valence-corrected chi connectivity index (χ3v) is 4.69. The van der Waals surface area contributed by atoms with Crippen LogP contribution in [0.4, 0.5) is 15.8 Å². The summed E-state index contributed by atoms with van der Waals surface area (Å²) in [5.41, 5.74) is 2.35. The first-order chi connectivity index (χ1) is 12.6. The predicted octanol–water partition coefficient (Wildman–Crippen LogP) is 2.90. The van der Waals surface area contributed by atoms with Crippen molar-refractivity contribution < 1.29 is 13.9 Å². The monoisotopic (exact) mass is 357 g/mol. The Morgan fingerprint density at radius 3 is 2.42 bits per heavy atom. The number of halogens is 1. The molecule has 5 nitrogen and oxygen atoms in total. The van der Waals surface area contributed by atoms with E-state index in [-0.39, 0.29) is 18.3 Å². The summed E-state index contributed by atoms with van der Waals surface area (Å²) in [7, 11) is 1.65. The lowest BCUT2D eigenvalue weighted by Gasteiger charge is -2.36. The van der Waals surface area contributed by atoms with Gasteiger partial charge in [0.2, 0.25) is 5.91 Å². The molecule has 1 N–H and O–H groups in total. The minimum atomic E-state index is -0.268. The van der Waals surface area contributed by atoms with Gasteiger partial charge in [0.05, 0.1) is 13.7 Å². The van der Waals surface area contributed by atoms with Crippen molar-refractivity contribution in [3.05, 3.63) is 53.8 Å². The van der Waals surface area contributed by atoms with E-state index in [1.165, 1.54) is 6.07 Å². The van der Waals surface area contributed by atoms with Gasteiger partial charge >= 0.3 is 0 Å². The zero-order valence-electron chi connectivity index (χ0n) is 15.2. The molecule has 1 amide bonds. The second kappa shape index (κ2) is 8.08. The van der Waals surface area contributed by atoms with Crippen molar-refractivity contribution in [1.82, 2.24) is 4.90 Å². The Morgan fingerprint density at radius 1 is 1.12 bits per heavy atom. The maximum absolute atomic E-state index is 13.6. The highest BCUT2D eigenvalue weighted by Gasteiger charge is 2.21. The van der Waals surface area contributed by atoms with Gasteiger partial charge in [0.1, 0.15) is 11.6 Å². The first-order valence-corrected chi connectivity index (χ1v) is 8.73. The fourth-order valence-electron chi connectivity index (χ4n) is 3.00. The number of piperazine rings is 1. The molecule has 1 heterocycles. The fourth-order valence-corrected chi connectivity index (χ4v) is 3.00. The molecule has 2 aromatic carbocycles. The van der Waals surface area contributed by atoms with Crippen molar-refractivity contribution in [2.75, 3.05) is 50.1 Å². The molecule has 6 heteroatoms. The van der Waals surface area contributed by atoms with Gasteiger partial charge in [-0.1, -0.05) is 6.07 Å². The molecule has 3 rings (SSSR count). The first kappa shape index (κ1) is 18.0. The summed E-state index contributed by atoms with van der Waals surface area (Å²) >= 11 is 0. The number of methoxy groups -OCH3 is 1. The van der Waals surface area contributed by atoms with Crippen LogP contribution in [0.2, 0.25) is 0 Å². The highest BCUT2D eigenvalue weighted by Crippen LogP contribution is 2.20. The summed E-state index contributed by atoms with van der Waals surface area (Å²) in [6.45, 7) is 4.82. The number of hydrogen-bond donors (Lipinski definition) is 1. The van der Waals surface area contributed by atoms with Gasteiger partial charge in [0.15, 0.2) is 0 Å². The highest BCUT2D eigenvalue weighted by molar-refractivity contribution is 5.81. The summed E-state index contributed by atoms with van der Waals surface area (Å²) in [4.78, 5) is 16.5. The Morgan fingerprint density at radius 2 is 1.81 bits per heavy atom. The van der Waals surface area contributed by atoms with Crippen LogP contribution >= 0.6 is 0 Å². The molecule has 0 unspecified atom stereocenters. The molecule has 0 aliphatic carbocycles. The molecule has 1 saturated heterocycles. The van der Waals surface area contributed by atoms with Gasteiger partial charge in [-0.25, -0.2) is 4.39 Å². The summed E-state index contributed by atoms with van der Waals surface area (Å²) in [6.07, 6.45) is 0. The van der Waals surface area contributed by atoms with E-state index in [1.807, 2.05) is 29.2 Å². The van der Waals surface area contributed by atoms with Crippen molar-refractivity contribution in [2.45, 2.75) is 6.92 Å². The normalized spacial score (nSPS) is 14.3. The maximum Gasteiger partial charge on any atom is 0.241 e. The van der Waals surface area contributed by atoms with E-state index in [2.05, 4.69) is 10.2 Å². The quantitative estimate of drug-likeness (QED) is 0.894. The van der Waals surface area contributed by atoms with Crippen LogP contribution in [-0.2, 0) is 4.79 Å². The van der Waals surface area contributed by atoms with Crippen LogP contribution in [0.15, 0.2) is 42.5 Å². The van der Waals surface area contributed by atoms with Crippen molar-refractivity contribution in [2.24, 2.45) is 0 Å². The third kappa shape index (κ3) is 4.25. The standard InChI is InChI=1S/C20H24FN3O2/c1-15-3-4-16(13-19(15)21)22-14-20(25)24-11-9-23(10-12-24)17-5-7-18(26-2)8-6-17/h3-8,13,22H,9-12,14H2,1-2H3. The lowest BCUT2D eigenvalue weighted by atomic mass is 10.2. The molecule has 2 aromatic rings. The van der Waals surface area contributed by atoms with E-state index in [9.17, 15) is 9.18 Å². The molecule has 0 radical (unpaired) electrons. The summed E-state index contributed by atoms with van der Waals surface area (Å²) in [5.74, 6) is 0.595. The molecular weight excluding hydrogens is 333 g/mol. The van der Waals surface area contributed by atoms with E-state index in [0.29, 0.717) is 24.3 Å². The van der Waals surface area contributed by atoms with Gasteiger partial charge in [-0.15, -0.1) is 0 Å². The minimum absolute atomic E-state index is 0.0281. The van der Waals surface area contributed by atoms with E-state index >= 15 is 0 Å². The Labute approximate surface area is 153 Å². The molecule has 1 fully saturated rings. The number of amides is 1. The molecule has 1 aliphatic rings. The summed E-state index contributed by atoms with van der Waals surface area (Å²) in [5, 5.41) is 3.01. The van der Waals surface area contributed by atoms with Crippen LogP contribution in [0.1, 0.15) is 5.56 Å². The lowest BCUT2D eigenvalue weighted by Crippen LogP contribution is -2.50. The minimum Gasteiger partial charge on any atom is -0.497 e. The van der Waals surface area contributed by atoms with E-state index < -0.39 is 0 Å². The van der Waals surface area contributed by atoms with Crippen LogP contribution in [0.5, 0.6) is 5.75 Å². The third-order valence-electron chi connectivity index (χ3n) is 4.69. The number of rotatable bonds is 5. The van der Waals surface area contributed by atoms with Crippen LogP contribution in [-0.4, -0.2) is 50.6 Å². The largest absolute Gasteiger partial charge is 0.497 e. The summed E-state index contributed by atoms with van der Waals surface area (Å²) in [6, 6.07) is 12.9. The van der Waals surface area contributed by atoms with E-state index in [4.69, 9.17) is 4.74 Å². The molecule has 0 saturated carbocycles. The van der Waals surface area contributed by atoms with Crippen molar-refractivity contribution in [1.29, 1.82) is 0 Å². The van der Waals surface area contributed by atoms with Gasteiger partial charge in [0.25, 0.3) is 0 Å². The van der Waals surface area contributed by atoms with Gasteiger partial charge < -0.3 is 19.9 Å². The number of benzene rings is 2. The number of carbonyl (C=O) groups is 1. The highest BCUT2D eigenvalue weighted by atomic mass is 19.1. The number of aryl methyl sites for hydroxylation is 1. The van der Waals surface area contributed by atoms with Gasteiger partial charge in [-0.3, -0.25) is 4.79 Å². The SMILES string of the molecule is COc1ccc(N2CCN(C(=O)CNc3ccc(C)c(F)c3)CC2)cc1. The lowest BCUT2D eigenvalue weighted by molar-refractivity contribution is -0.129. The van der Waals surface area contributed by atoms with Gasteiger partial charge in [-0.05, 0) is 48.9 Å². The molecule has 0 aromatic heterocycles. The number of ether oxygens (including phenoxy) is 1. The zero-order chi connectivity index (χ0) is 18.5. The number of nitrogens with zero attached hydrogens (tertiary/aromatic N) is 2. The number of anilines is 2. The van der Waals surface area contributed by atoms with Crippen LogP contribution in [0.25, 0.3) is 0 Å². The Hall–Kier alpha value is -2.76. The van der Waals surface area contributed by atoms with Crippen molar-refractivity contribution >= 4 is 17.3 Å². The fraction of sp³-hybridized carbons (Fsp3) is 0.350. The summed E-state index contributed by atoms with van der Waals surface area (Å²) < 4.78 is 18.7. The topological polar surface area (TPSA) is 44.8 Å². The average molecular weight is 357 g/mol. The van der Waals surface area contributed by atoms with Crippen molar-refractivity contribution in [3.8, 4) is 5.75 Å². The molecule has 138 valence electrons. The smallest absolute Gasteiger partial charge is 0.241 e. The number of nitrogens with one attached hydrogen (secondary N) is 1. The molecule has 0 spiro atoms. The van der Waals surface area contributed by atoms with Crippen LogP contribution in [0, 0.1) is 12.7 Å². The Balaban J connectivity index is 1.49. The van der Waals surface area contributed by atoms with Gasteiger partial charge in [0, 0.05) is 37.6 Å². The van der Waals surface area contributed by atoms with E-state index in [1.54, 1.807) is 26.2 Å². The molecular formula is C20H24FN3O2. The maximum atomic E-state index is 13.6. The molecule has 0 bridgehead atoms. The zero-order valence-corrected chi connectivity index (χ0v) is 15.2. The van der Waals surface area contributed by atoms with Crippen molar-refractivity contribution in [3.63, 3.8) is 0 Å². The number of carbonyl (C=O) groups excluding carboxylic acids is 1. The number of hydrogen-bond acceptors (Lipinski definition) is 4. The average Bonchev–Trinajstić information content (AvgIpc) is 2.69. The van der Waals surface area contributed by atoms with E-state index in [0.717, 1.165) is 24.5 Å². The van der Waals surface area contributed by atoms with Crippen LogP contribution < -0.4 is 15.0 Å². The van der Waals surface area contributed by atoms with Crippen LogP contribution in [0.3, 0.4) is 0 Å². The molecule has 26 heavy (non-hydrogen) atoms. The predicted molar refractivity (Wildman–Crippen MR) is 101 cm³/mol. The second-order valence-corrected chi connectivity index (χ2v) is 6.38. The Kier molecular flexibility index (Phi) is 5.61. The second-order valence-electron chi connectivity index (χ2n) is 6.38. The molecule has 1 aliphatic heterocycles. The molecule has 0 atom stereocenters. The Bertz CT molecular complexity index is 756.